The van der Waals surface area contributed by atoms with Crippen molar-refractivity contribution in [2.75, 3.05) is 13.1 Å². The van der Waals surface area contributed by atoms with Crippen LogP contribution in [-0.2, 0) is 0 Å². The zero-order valence-electron chi connectivity index (χ0n) is 13.4. The molecule has 0 bridgehead atoms. The Kier molecular flexibility index (Phi) is 5.56. The van der Waals surface area contributed by atoms with Gasteiger partial charge in [-0.3, -0.25) is 14.6 Å². The van der Waals surface area contributed by atoms with Crippen molar-refractivity contribution in [2.24, 2.45) is 0 Å². The number of benzene rings is 1. The van der Waals surface area contributed by atoms with Crippen molar-refractivity contribution in [2.45, 2.75) is 18.9 Å². The number of aromatic nitrogens is 1. The number of piperidine rings is 1. The van der Waals surface area contributed by atoms with E-state index >= 15 is 0 Å². The van der Waals surface area contributed by atoms with Gasteiger partial charge in [0.25, 0.3) is 11.8 Å². The van der Waals surface area contributed by atoms with Crippen molar-refractivity contribution >= 4 is 35.0 Å². The number of amides is 2. The highest BCUT2D eigenvalue weighted by atomic mass is 35.5. The highest BCUT2D eigenvalue weighted by Crippen LogP contribution is 2.21. The van der Waals surface area contributed by atoms with Crippen LogP contribution in [0, 0.1) is 0 Å². The van der Waals surface area contributed by atoms with E-state index in [9.17, 15) is 9.59 Å². The second-order valence-corrected chi connectivity index (χ2v) is 6.75. The first-order chi connectivity index (χ1) is 12.0. The number of halogens is 2. The number of nitrogens with zero attached hydrogens (tertiary/aromatic N) is 2. The number of pyridine rings is 1. The molecule has 25 heavy (non-hydrogen) atoms. The Morgan fingerprint density at radius 1 is 1.16 bits per heavy atom. The fraction of sp³-hybridized carbons (Fsp3) is 0.278. The third kappa shape index (κ3) is 4.30. The number of carbonyl (C=O) groups is 2. The molecule has 0 unspecified atom stereocenters. The van der Waals surface area contributed by atoms with Crippen molar-refractivity contribution in [3.8, 4) is 0 Å². The lowest BCUT2D eigenvalue weighted by Crippen LogP contribution is -2.46. The molecule has 0 aliphatic carbocycles. The summed E-state index contributed by atoms with van der Waals surface area (Å²) in [6, 6.07) is 8.30. The maximum Gasteiger partial charge on any atom is 0.255 e. The van der Waals surface area contributed by atoms with Crippen LogP contribution in [0.4, 0.5) is 0 Å². The van der Waals surface area contributed by atoms with Gasteiger partial charge in [0, 0.05) is 36.5 Å². The highest BCUT2D eigenvalue weighted by Gasteiger charge is 2.25. The molecule has 2 aromatic rings. The van der Waals surface area contributed by atoms with Gasteiger partial charge >= 0.3 is 0 Å². The fourth-order valence-corrected chi connectivity index (χ4v) is 3.21. The van der Waals surface area contributed by atoms with E-state index in [4.69, 9.17) is 23.2 Å². The van der Waals surface area contributed by atoms with Gasteiger partial charge < -0.3 is 10.2 Å². The number of likely N-dealkylation sites (tertiary alicyclic amines) is 1. The van der Waals surface area contributed by atoms with Crippen molar-refractivity contribution < 1.29 is 9.59 Å². The van der Waals surface area contributed by atoms with Gasteiger partial charge in [-0.05, 0) is 43.2 Å². The quantitative estimate of drug-likeness (QED) is 0.890. The minimum absolute atomic E-state index is 0.000460. The Balaban J connectivity index is 1.57. The van der Waals surface area contributed by atoms with E-state index in [1.165, 1.54) is 0 Å². The van der Waals surface area contributed by atoms with E-state index in [1.54, 1.807) is 47.6 Å². The van der Waals surface area contributed by atoms with Gasteiger partial charge in [0.2, 0.25) is 0 Å². The van der Waals surface area contributed by atoms with Crippen LogP contribution in [0.3, 0.4) is 0 Å². The van der Waals surface area contributed by atoms with Crippen molar-refractivity contribution in [1.82, 2.24) is 15.2 Å². The van der Waals surface area contributed by atoms with Crippen LogP contribution in [0.25, 0.3) is 0 Å². The normalized spacial score (nSPS) is 15.0. The lowest BCUT2D eigenvalue weighted by atomic mass is 10.0. The summed E-state index contributed by atoms with van der Waals surface area (Å²) >= 11 is 12.0. The smallest absolute Gasteiger partial charge is 0.255 e. The summed E-state index contributed by atoms with van der Waals surface area (Å²) in [5.74, 6) is -0.278. The highest BCUT2D eigenvalue weighted by molar-refractivity contribution is 6.35. The van der Waals surface area contributed by atoms with Crippen LogP contribution in [0.2, 0.25) is 10.0 Å². The Labute approximate surface area is 155 Å². The SMILES string of the molecule is O=C(NC1CCN(C(=O)c2cccnc2)CC1)c1cc(Cl)ccc1Cl. The van der Waals surface area contributed by atoms with E-state index in [2.05, 4.69) is 10.3 Å². The molecular formula is C18H17Cl2N3O2. The molecule has 0 saturated carbocycles. The molecule has 1 fully saturated rings. The van der Waals surface area contributed by atoms with Gasteiger partial charge in [-0.2, -0.15) is 0 Å². The summed E-state index contributed by atoms with van der Waals surface area (Å²) in [5.41, 5.74) is 0.943. The second kappa shape index (κ2) is 7.85. The minimum atomic E-state index is -0.246. The molecule has 1 aliphatic heterocycles. The van der Waals surface area contributed by atoms with E-state index in [0.717, 1.165) is 0 Å². The molecule has 2 heterocycles. The molecule has 0 radical (unpaired) electrons. The summed E-state index contributed by atoms with van der Waals surface area (Å²) in [4.78, 5) is 30.5. The Morgan fingerprint density at radius 3 is 2.60 bits per heavy atom. The van der Waals surface area contributed by atoms with Crippen LogP contribution < -0.4 is 5.32 Å². The predicted molar refractivity (Wildman–Crippen MR) is 97.1 cm³/mol. The van der Waals surface area contributed by atoms with E-state index in [1.807, 2.05) is 0 Å². The molecule has 1 aliphatic rings. The molecule has 0 spiro atoms. The summed E-state index contributed by atoms with van der Waals surface area (Å²) in [5, 5.41) is 3.80. The Bertz CT molecular complexity index is 775. The molecule has 1 saturated heterocycles. The summed E-state index contributed by atoms with van der Waals surface area (Å²) in [6.45, 7) is 1.17. The van der Waals surface area contributed by atoms with Crippen LogP contribution in [0.15, 0.2) is 42.7 Å². The summed E-state index contributed by atoms with van der Waals surface area (Å²) in [7, 11) is 0. The number of hydrogen-bond acceptors (Lipinski definition) is 3. The summed E-state index contributed by atoms with van der Waals surface area (Å²) in [6.07, 6.45) is 4.59. The monoisotopic (exact) mass is 377 g/mol. The Hall–Kier alpha value is -2.11. The number of rotatable bonds is 3. The molecule has 3 rings (SSSR count). The molecule has 2 amide bonds. The fourth-order valence-electron chi connectivity index (χ4n) is 2.83. The molecule has 130 valence electrons. The van der Waals surface area contributed by atoms with Crippen molar-refractivity contribution in [1.29, 1.82) is 0 Å². The van der Waals surface area contributed by atoms with Gasteiger partial charge in [0.1, 0.15) is 0 Å². The van der Waals surface area contributed by atoms with E-state index in [0.29, 0.717) is 47.1 Å². The van der Waals surface area contributed by atoms with Gasteiger partial charge in [0.05, 0.1) is 16.1 Å². The second-order valence-electron chi connectivity index (χ2n) is 5.91. The van der Waals surface area contributed by atoms with Crippen LogP contribution in [-0.4, -0.2) is 40.8 Å². The van der Waals surface area contributed by atoms with Crippen LogP contribution >= 0.6 is 23.2 Å². The minimum Gasteiger partial charge on any atom is -0.349 e. The number of hydrogen-bond donors (Lipinski definition) is 1. The lowest BCUT2D eigenvalue weighted by Gasteiger charge is -2.32. The third-order valence-corrected chi connectivity index (χ3v) is 4.76. The Morgan fingerprint density at radius 2 is 1.92 bits per heavy atom. The molecule has 5 nitrogen and oxygen atoms in total. The maximum atomic E-state index is 12.4. The van der Waals surface area contributed by atoms with E-state index in [-0.39, 0.29) is 17.9 Å². The number of nitrogens with one attached hydrogen (secondary N) is 1. The molecule has 7 heteroatoms. The van der Waals surface area contributed by atoms with E-state index < -0.39 is 0 Å². The average molecular weight is 378 g/mol. The maximum absolute atomic E-state index is 12.4. The van der Waals surface area contributed by atoms with Crippen molar-refractivity contribution in [3.63, 3.8) is 0 Å². The standard InChI is InChI=1S/C18H17Cl2N3O2/c19-13-3-4-16(20)15(10-13)17(24)22-14-5-8-23(9-6-14)18(25)12-2-1-7-21-11-12/h1-4,7,10-11,14H,5-6,8-9H2,(H,22,24). The largest absolute Gasteiger partial charge is 0.349 e. The van der Waals surface area contributed by atoms with Gasteiger partial charge in [-0.25, -0.2) is 0 Å². The topological polar surface area (TPSA) is 62.3 Å². The van der Waals surface area contributed by atoms with Crippen LogP contribution in [0.5, 0.6) is 0 Å². The average Bonchev–Trinajstić information content (AvgIpc) is 2.64. The summed E-state index contributed by atoms with van der Waals surface area (Å²) < 4.78 is 0. The van der Waals surface area contributed by atoms with Gasteiger partial charge in [0.15, 0.2) is 0 Å². The van der Waals surface area contributed by atoms with Crippen LogP contribution in [0.1, 0.15) is 33.6 Å². The molecule has 1 N–H and O–H groups in total. The molecule has 1 aromatic carbocycles. The first-order valence-corrected chi connectivity index (χ1v) is 8.75. The zero-order valence-corrected chi connectivity index (χ0v) is 14.9. The first kappa shape index (κ1) is 17.7. The van der Waals surface area contributed by atoms with Gasteiger partial charge in [-0.15, -0.1) is 0 Å². The predicted octanol–water partition coefficient (Wildman–Crippen LogP) is 3.42. The molecular weight excluding hydrogens is 361 g/mol. The van der Waals surface area contributed by atoms with Gasteiger partial charge in [-0.1, -0.05) is 23.2 Å². The first-order valence-electron chi connectivity index (χ1n) is 8.00. The molecule has 1 aromatic heterocycles. The zero-order chi connectivity index (χ0) is 17.8. The number of carbonyl (C=O) groups excluding carboxylic acids is 2. The lowest BCUT2D eigenvalue weighted by molar-refractivity contribution is 0.0697. The molecule has 0 atom stereocenters. The third-order valence-electron chi connectivity index (χ3n) is 4.20. The van der Waals surface area contributed by atoms with Crippen molar-refractivity contribution in [3.05, 3.63) is 63.9 Å².